The standard InChI is InChI=1S/C9H11N3O3/c13-8(14)7-6-12(4-5-15-7)9-10-2-1-3-11-9/h1-3,7H,4-6H2,(H,13,14)/t7-/m1/s1. The van der Waals surface area contributed by atoms with Crippen molar-refractivity contribution in [2.75, 3.05) is 24.6 Å². The number of hydrogen-bond acceptors (Lipinski definition) is 5. The fraction of sp³-hybridized carbons (Fsp3) is 0.444. The molecule has 0 spiro atoms. The Labute approximate surface area is 86.5 Å². The van der Waals surface area contributed by atoms with Gasteiger partial charge < -0.3 is 14.7 Å². The molecular formula is C9H11N3O3. The van der Waals surface area contributed by atoms with Gasteiger partial charge in [0, 0.05) is 18.9 Å². The van der Waals surface area contributed by atoms with Crippen LogP contribution in [0.4, 0.5) is 5.95 Å². The van der Waals surface area contributed by atoms with E-state index in [1.807, 2.05) is 4.90 Å². The van der Waals surface area contributed by atoms with Crippen LogP contribution in [0.2, 0.25) is 0 Å². The van der Waals surface area contributed by atoms with Crippen LogP contribution in [0, 0.1) is 0 Å². The number of anilines is 1. The lowest BCUT2D eigenvalue weighted by molar-refractivity contribution is -0.150. The van der Waals surface area contributed by atoms with Crippen molar-refractivity contribution >= 4 is 11.9 Å². The van der Waals surface area contributed by atoms with E-state index in [1.54, 1.807) is 18.5 Å². The number of carboxylic acid groups (broad SMARTS) is 1. The highest BCUT2D eigenvalue weighted by atomic mass is 16.5. The number of aliphatic carboxylic acids is 1. The zero-order valence-corrected chi connectivity index (χ0v) is 8.04. The highest BCUT2D eigenvalue weighted by Gasteiger charge is 2.27. The molecule has 1 aromatic rings. The molecule has 6 nitrogen and oxygen atoms in total. The maximum Gasteiger partial charge on any atom is 0.334 e. The second-order valence-electron chi connectivity index (χ2n) is 3.19. The van der Waals surface area contributed by atoms with Gasteiger partial charge in [0.15, 0.2) is 6.10 Å². The summed E-state index contributed by atoms with van der Waals surface area (Å²) in [6.45, 7) is 1.29. The van der Waals surface area contributed by atoms with Crippen LogP contribution in [-0.4, -0.2) is 46.8 Å². The number of rotatable bonds is 2. The van der Waals surface area contributed by atoms with Gasteiger partial charge >= 0.3 is 5.97 Å². The molecule has 0 bridgehead atoms. The Morgan fingerprint density at radius 1 is 1.53 bits per heavy atom. The first-order valence-electron chi connectivity index (χ1n) is 4.64. The van der Waals surface area contributed by atoms with Crippen LogP contribution >= 0.6 is 0 Å². The molecule has 0 saturated carbocycles. The molecule has 0 amide bonds. The molecule has 80 valence electrons. The minimum atomic E-state index is -0.948. The van der Waals surface area contributed by atoms with Crippen LogP contribution in [0.15, 0.2) is 18.5 Å². The van der Waals surface area contributed by atoms with Crippen LogP contribution in [0.1, 0.15) is 0 Å². The summed E-state index contributed by atoms with van der Waals surface area (Å²) in [4.78, 5) is 20.7. The summed E-state index contributed by atoms with van der Waals surface area (Å²) < 4.78 is 5.09. The van der Waals surface area contributed by atoms with Crippen LogP contribution < -0.4 is 4.90 Å². The van der Waals surface area contributed by atoms with Crippen LogP contribution in [-0.2, 0) is 9.53 Å². The maximum atomic E-state index is 10.7. The quantitative estimate of drug-likeness (QED) is 0.724. The topological polar surface area (TPSA) is 75.5 Å². The second kappa shape index (κ2) is 4.22. The van der Waals surface area contributed by atoms with Crippen molar-refractivity contribution in [2.24, 2.45) is 0 Å². The number of nitrogens with zero attached hydrogens (tertiary/aromatic N) is 3. The number of aromatic nitrogens is 2. The first kappa shape index (κ1) is 9.85. The third-order valence-corrected chi connectivity index (χ3v) is 2.18. The molecule has 0 radical (unpaired) electrons. The zero-order valence-electron chi connectivity index (χ0n) is 8.04. The van der Waals surface area contributed by atoms with Gasteiger partial charge in [-0.25, -0.2) is 14.8 Å². The van der Waals surface area contributed by atoms with E-state index in [2.05, 4.69) is 9.97 Å². The Morgan fingerprint density at radius 2 is 2.27 bits per heavy atom. The van der Waals surface area contributed by atoms with E-state index in [-0.39, 0.29) is 0 Å². The average Bonchev–Trinajstić information content (AvgIpc) is 2.30. The van der Waals surface area contributed by atoms with Gasteiger partial charge in [-0.1, -0.05) is 0 Å². The number of carboxylic acids is 1. The van der Waals surface area contributed by atoms with Crippen LogP contribution in [0.3, 0.4) is 0 Å². The van der Waals surface area contributed by atoms with E-state index in [4.69, 9.17) is 9.84 Å². The largest absolute Gasteiger partial charge is 0.479 e. The summed E-state index contributed by atoms with van der Waals surface area (Å²) in [6, 6.07) is 1.72. The Kier molecular flexibility index (Phi) is 2.77. The van der Waals surface area contributed by atoms with Gasteiger partial charge in [0.05, 0.1) is 13.2 Å². The molecule has 2 heterocycles. The van der Waals surface area contributed by atoms with Crippen molar-refractivity contribution in [3.63, 3.8) is 0 Å². The smallest absolute Gasteiger partial charge is 0.334 e. The third kappa shape index (κ3) is 2.21. The molecule has 2 rings (SSSR count). The molecular weight excluding hydrogens is 198 g/mol. The van der Waals surface area contributed by atoms with Crippen LogP contribution in [0.5, 0.6) is 0 Å². The van der Waals surface area contributed by atoms with Gasteiger partial charge in [0.25, 0.3) is 0 Å². The minimum absolute atomic E-state index is 0.291. The maximum absolute atomic E-state index is 10.7. The molecule has 0 aromatic carbocycles. The molecule has 6 heteroatoms. The van der Waals surface area contributed by atoms with E-state index in [0.717, 1.165) is 0 Å². The van der Waals surface area contributed by atoms with Gasteiger partial charge in [-0.2, -0.15) is 0 Å². The molecule has 1 aromatic heterocycles. The lowest BCUT2D eigenvalue weighted by Gasteiger charge is -2.30. The SMILES string of the molecule is O=C(O)[C@H]1CN(c2ncccn2)CCO1. The highest BCUT2D eigenvalue weighted by molar-refractivity contribution is 5.73. The Bertz CT molecular complexity index is 344. The summed E-state index contributed by atoms with van der Waals surface area (Å²) in [5.74, 6) is -0.400. The van der Waals surface area contributed by atoms with Gasteiger partial charge in [-0.3, -0.25) is 0 Å². The second-order valence-corrected chi connectivity index (χ2v) is 3.19. The van der Waals surface area contributed by atoms with Gasteiger partial charge in [0.2, 0.25) is 5.95 Å². The highest BCUT2D eigenvalue weighted by Crippen LogP contribution is 2.11. The molecule has 15 heavy (non-hydrogen) atoms. The lowest BCUT2D eigenvalue weighted by atomic mass is 10.3. The molecule has 1 saturated heterocycles. The summed E-state index contributed by atoms with van der Waals surface area (Å²) >= 11 is 0. The first-order valence-corrected chi connectivity index (χ1v) is 4.64. The molecule has 1 aliphatic heterocycles. The van der Waals surface area contributed by atoms with Crippen molar-refractivity contribution in [3.8, 4) is 0 Å². The number of carbonyl (C=O) groups is 1. The van der Waals surface area contributed by atoms with Crippen molar-refractivity contribution < 1.29 is 14.6 Å². The third-order valence-electron chi connectivity index (χ3n) is 2.18. The van der Waals surface area contributed by atoms with Gasteiger partial charge in [-0.05, 0) is 6.07 Å². The van der Waals surface area contributed by atoms with Crippen molar-refractivity contribution in [3.05, 3.63) is 18.5 Å². The van der Waals surface area contributed by atoms with Crippen molar-refractivity contribution in [1.82, 2.24) is 9.97 Å². The van der Waals surface area contributed by atoms with Crippen LogP contribution in [0.25, 0.3) is 0 Å². The monoisotopic (exact) mass is 209 g/mol. The molecule has 1 fully saturated rings. The summed E-state index contributed by atoms with van der Waals surface area (Å²) in [6.07, 6.45) is 2.48. The van der Waals surface area contributed by atoms with E-state index in [1.165, 1.54) is 0 Å². The molecule has 0 unspecified atom stereocenters. The Morgan fingerprint density at radius 3 is 2.93 bits per heavy atom. The molecule has 1 atom stereocenters. The predicted octanol–water partition coefficient (Wildman–Crippen LogP) is -0.234. The van der Waals surface area contributed by atoms with Crippen molar-refractivity contribution in [1.29, 1.82) is 0 Å². The molecule has 1 N–H and O–H groups in total. The number of morpholine rings is 1. The fourth-order valence-corrected chi connectivity index (χ4v) is 1.43. The first-order chi connectivity index (χ1) is 7.27. The summed E-state index contributed by atoms with van der Waals surface area (Å²) in [5, 5.41) is 8.81. The number of ether oxygens (including phenoxy) is 1. The van der Waals surface area contributed by atoms with E-state index in [9.17, 15) is 4.79 Å². The molecule has 0 aliphatic carbocycles. The Hall–Kier alpha value is -1.69. The Balaban J connectivity index is 2.08. The number of hydrogen-bond donors (Lipinski definition) is 1. The fourth-order valence-electron chi connectivity index (χ4n) is 1.43. The molecule has 1 aliphatic rings. The predicted molar refractivity (Wildman–Crippen MR) is 51.6 cm³/mol. The van der Waals surface area contributed by atoms with Crippen molar-refractivity contribution in [2.45, 2.75) is 6.10 Å². The summed E-state index contributed by atoms with van der Waals surface area (Å²) in [7, 11) is 0. The average molecular weight is 209 g/mol. The lowest BCUT2D eigenvalue weighted by Crippen LogP contribution is -2.46. The normalized spacial score (nSPS) is 21.3. The van der Waals surface area contributed by atoms with E-state index < -0.39 is 12.1 Å². The minimum Gasteiger partial charge on any atom is -0.479 e. The zero-order chi connectivity index (χ0) is 10.7. The van der Waals surface area contributed by atoms with E-state index >= 15 is 0 Å². The van der Waals surface area contributed by atoms with Gasteiger partial charge in [0.1, 0.15) is 0 Å². The van der Waals surface area contributed by atoms with Gasteiger partial charge in [-0.15, -0.1) is 0 Å². The van der Waals surface area contributed by atoms with E-state index in [0.29, 0.717) is 25.6 Å². The summed E-state index contributed by atoms with van der Waals surface area (Å²) in [5.41, 5.74) is 0.